The number of ether oxygens (including phenoxy) is 7. The zero-order valence-corrected chi connectivity index (χ0v) is 36.1. The first-order valence-electron chi connectivity index (χ1n) is 22.1. The van der Waals surface area contributed by atoms with E-state index in [1.807, 2.05) is 12.1 Å². The van der Waals surface area contributed by atoms with Gasteiger partial charge >= 0.3 is 6.09 Å². The van der Waals surface area contributed by atoms with E-state index >= 15 is 0 Å². The van der Waals surface area contributed by atoms with Crippen LogP contribution in [0.3, 0.4) is 0 Å². The van der Waals surface area contributed by atoms with E-state index in [1.165, 1.54) is 7.11 Å². The molecule has 3 N–H and O–H groups in total. The number of benzene rings is 2. The Morgan fingerprint density at radius 3 is 2.52 bits per heavy atom. The average molecular weight is 865 g/mol. The van der Waals surface area contributed by atoms with Crippen molar-refractivity contribution < 1.29 is 62.9 Å². The Labute approximate surface area is 364 Å². The minimum Gasteiger partial charge on any atom is -0.496 e. The van der Waals surface area contributed by atoms with Crippen LogP contribution in [0.5, 0.6) is 23.0 Å². The van der Waals surface area contributed by atoms with E-state index in [0.29, 0.717) is 60.1 Å². The summed E-state index contributed by atoms with van der Waals surface area (Å²) in [6, 6.07) is 9.87. The van der Waals surface area contributed by atoms with Crippen molar-refractivity contribution in [1.29, 1.82) is 0 Å². The molecule has 0 radical (unpaired) electrons. The van der Waals surface area contributed by atoms with Crippen LogP contribution < -0.4 is 14.2 Å². The van der Waals surface area contributed by atoms with Gasteiger partial charge in [-0.05, 0) is 99.3 Å². The summed E-state index contributed by atoms with van der Waals surface area (Å²) in [5.74, 6) is -0.442. The first-order valence-corrected chi connectivity index (χ1v) is 22.1. The van der Waals surface area contributed by atoms with Gasteiger partial charge in [0.25, 0.3) is 0 Å². The van der Waals surface area contributed by atoms with Crippen molar-refractivity contribution in [3.8, 4) is 23.0 Å². The summed E-state index contributed by atoms with van der Waals surface area (Å²) < 4.78 is 43.5. The Balaban J connectivity index is 1.57. The Kier molecular flexibility index (Phi) is 17.6. The van der Waals surface area contributed by atoms with E-state index in [2.05, 4.69) is 12.7 Å². The maximum absolute atomic E-state index is 14.2. The second kappa shape index (κ2) is 23.3. The van der Waals surface area contributed by atoms with Crippen molar-refractivity contribution in [3.05, 3.63) is 71.8 Å². The number of hydrogen-bond donors (Lipinski definition) is 3. The molecular formula is C47H64N2O13. The minimum absolute atomic E-state index is 0.0154. The van der Waals surface area contributed by atoms with Gasteiger partial charge in [0.2, 0.25) is 12.1 Å². The van der Waals surface area contributed by atoms with Crippen molar-refractivity contribution in [2.75, 3.05) is 66.5 Å². The number of nitrogens with zero attached hydrogens (tertiary/aromatic N) is 2. The smallest absolute Gasteiger partial charge is 0.410 e. The van der Waals surface area contributed by atoms with Crippen LogP contribution in [0.4, 0.5) is 4.79 Å². The van der Waals surface area contributed by atoms with E-state index in [4.69, 9.17) is 43.2 Å². The summed E-state index contributed by atoms with van der Waals surface area (Å²) in [7, 11) is 1.50. The zero-order valence-electron chi connectivity index (χ0n) is 36.1. The number of methoxy groups -OCH3 is 1. The van der Waals surface area contributed by atoms with Gasteiger partial charge in [-0.25, -0.2) is 4.79 Å². The first kappa shape index (κ1) is 47.0. The zero-order chi connectivity index (χ0) is 43.9. The molecule has 2 aromatic carbocycles. The van der Waals surface area contributed by atoms with Gasteiger partial charge in [0.15, 0.2) is 6.29 Å². The highest BCUT2D eigenvalue weighted by atomic mass is 16.8. The Morgan fingerprint density at radius 2 is 1.81 bits per heavy atom. The van der Waals surface area contributed by atoms with E-state index < -0.39 is 30.1 Å². The standard InChI is InChI=1S/C47H64N2O13/c1-4-23-59-47-42(49(46(54)57-5-2)19-25-56-26-22-52)30-39(48-62-43-14-8-11-24-58-43)37-28-32(12-6-9-20-50)36(13-7-10-21-51)44(45(37)47)38-29-35(16-18-41(38)61-47)60-34-15-17-40(55-3)33(27-34)31-53/h4,15-18,27-29,31-32,36,42-45,50-52H,1,5-14,19-26,30H2,2-3H3/t32-,36+,42-,43?,44+,45+,47+/m0/s1. The molecule has 2 heterocycles. The molecule has 15 nitrogen and oxygen atoms in total. The molecule has 0 aromatic heterocycles. The monoisotopic (exact) mass is 864 g/mol. The highest BCUT2D eigenvalue weighted by Crippen LogP contribution is 2.62. The molecule has 2 fully saturated rings. The highest BCUT2D eigenvalue weighted by molar-refractivity contribution is 6.03. The van der Waals surface area contributed by atoms with E-state index in [1.54, 1.807) is 42.2 Å². The number of aliphatic hydroxyl groups excluding tert-OH is 3. The molecule has 1 unspecified atom stereocenters. The summed E-state index contributed by atoms with van der Waals surface area (Å²) in [6.45, 7) is 6.77. The topological polar surface area (TPSA) is 184 Å². The van der Waals surface area contributed by atoms with Crippen molar-refractivity contribution >= 4 is 18.1 Å². The maximum Gasteiger partial charge on any atom is 0.410 e. The fourth-order valence-electron chi connectivity index (χ4n) is 9.54. The lowest BCUT2D eigenvalue weighted by Crippen LogP contribution is -2.70. The van der Waals surface area contributed by atoms with Crippen LogP contribution in [0.1, 0.15) is 93.0 Å². The normalized spacial score (nSPS) is 25.7. The summed E-state index contributed by atoms with van der Waals surface area (Å²) in [5, 5.41) is 34.3. The summed E-state index contributed by atoms with van der Waals surface area (Å²) in [6.07, 6.45) is 10.6. The van der Waals surface area contributed by atoms with Crippen LogP contribution in [-0.4, -0.2) is 123 Å². The van der Waals surface area contributed by atoms with E-state index in [0.717, 1.165) is 55.9 Å². The van der Waals surface area contributed by atoms with Crippen LogP contribution in [0.15, 0.2) is 65.9 Å². The predicted octanol–water partition coefficient (Wildman–Crippen LogP) is 6.93. The molecule has 2 aromatic rings. The second-order valence-electron chi connectivity index (χ2n) is 16.0. The fourth-order valence-corrected chi connectivity index (χ4v) is 9.54. The predicted molar refractivity (Wildman–Crippen MR) is 230 cm³/mol. The van der Waals surface area contributed by atoms with Crippen LogP contribution in [0, 0.1) is 17.8 Å². The number of carbonyl (C=O) groups excluding carboxylic acids is 2. The van der Waals surface area contributed by atoms with Gasteiger partial charge in [-0.1, -0.05) is 30.1 Å². The minimum atomic E-state index is -1.51. The quantitative estimate of drug-likeness (QED) is 0.0428. The van der Waals surface area contributed by atoms with Crippen LogP contribution >= 0.6 is 0 Å². The Morgan fingerprint density at radius 1 is 1.02 bits per heavy atom. The molecule has 1 saturated carbocycles. The first-order chi connectivity index (χ1) is 30.4. The molecule has 0 spiro atoms. The van der Waals surface area contributed by atoms with Crippen molar-refractivity contribution in [2.24, 2.45) is 22.9 Å². The lowest BCUT2D eigenvalue weighted by molar-refractivity contribution is -0.256. The maximum atomic E-state index is 14.2. The third-order valence-corrected chi connectivity index (χ3v) is 12.2. The fraction of sp³-hybridized carbons (Fsp3) is 0.596. The van der Waals surface area contributed by atoms with Crippen LogP contribution in [0.2, 0.25) is 0 Å². The van der Waals surface area contributed by atoms with Gasteiger partial charge in [0.1, 0.15) is 29.0 Å². The molecule has 15 heteroatoms. The molecule has 62 heavy (non-hydrogen) atoms. The number of allylic oxidation sites excluding steroid dienone is 1. The lowest BCUT2D eigenvalue weighted by atomic mass is 9.55. The molecule has 340 valence electrons. The van der Waals surface area contributed by atoms with Crippen molar-refractivity contribution in [3.63, 3.8) is 0 Å². The molecule has 4 aliphatic rings. The second-order valence-corrected chi connectivity index (χ2v) is 16.0. The van der Waals surface area contributed by atoms with Crippen molar-refractivity contribution in [2.45, 2.75) is 95.2 Å². The van der Waals surface area contributed by atoms with Crippen LogP contribution in [0.25, 0.3) is 0 Å². The number of aldehydes is 1. The van der Waals surface area contributed by atoms with Gasteiger partial charge in [0, 0.05) is 44.1 Å². The molecular weight excluding hydrogens is 801 g/mol. The molecule has 1 amide bonds. The third kappa shape index (κ3) is 10.8. The van der Waals surface area contributed by atoms with Crippen molar-refractivity contribution in [1.82, 2.24) is 4.90 Å². The Hall–Kier alpha value is -4.51. The van der Waals surface area contributed by atoms with E-state index in [9.17, 15) is 24.9 Å². The average Bonchev–Trinajstić information content (AvgIpc) is 3.29. The lowest BCUT2D eigenvalue weighted by Gasteiger charge is -2.59. The number of carbonyl (C=O) groups is 2. The number of aliphatic hydroxyl groups is 3. The van der Waals surface area contributed by atoms with E-state index in [-0.39, 0.29) is 77.0 Å². The summed E-state index contributed by atoms with van der Waals surface area (Å²) in [5.41, 5.74) is 2.72. The van der Waals surface area contributed by atoms with Gasteiger partial charge in [0.05, 0.1) is 63.9 Å². The number of amides is 1. The van der Waals surface area contributed by atoms with Gasteiger partial charge in [-0.15, -0.1) is 6.58 Å². The number of unbranched alkanes of at least 4 members (excludes halogenated alkanes) is 2. The Bertz CT molecular complexity index is 1850. The largest absolute Gasteiger partial charge is 0.496 e. The molecule has 2 aliphatic carbocycles. The van der Waals surface area contributed by atoms with Crippen LogP contribution in [-0.2, 0) is 23.8 Å². The molecule has 1 saturated heterocycles. The summed E-state index contributed by atoms with van der Waals surface area (Å²) >= 11 is 0. The molecule has 6 rings (SSSR count). The third-order valence-electron chi connectivity index (χ3n) is 12.2. The number of hydrogen-bond acceptors (Lipinski definition) is 14. The summed E-state index contributed by atoms with van der Waals surface area (Å²) in [4.78, 5) is 34.0. The number of fused-ring (bicyclic) bond motifs is 2. The highest BCUT2D eigenvalue weighted by Gasteiger charge is 2.65. The van der Waals surface area contributed by atoms with Gasteiger partial charge < -0.3 is 53.3 Å². The number of rotatable bonds is 24. The number of oxime groups is 1. The van der Waals surface area contributed by atoms with Gasteiger partial charge in [-0.2, -0.15) is 0 Å². The molecule has 7 atom stereocenters. The molecule has 2 aliphatic heterocycles. The SMILES string of the molecule is C=CCO[C@@]12Oc3ccc(Oc4ccc(OC)c(C=O)c4)cc3[C@H]3[C@H](CCCCO)[C@@H](CCCCO)C=C(C(=NOC4CCCCO4)C[C@@H]1N(CCOCCO)C(=O)OCC)[C@H]32. The molecule has 0 bridgehead atoms. The van der Waals surface area contributed by atoms with Gasteiger partial charge in [-0.3, -0.25) is 9.69 Å².